The van der Waals surface area contributed by atoms with Crippen molar-refractivity contribution in [2.45, 2.75) is 38.5 Å². The third-order valence-electron chi connectivity index (χ3n) is 4.33. The van der Waals surface area contributed by atoms with Crippen molar-refractivity contribution in [2.75, 3.05) is 0 Å². The molecule has 0 spiro atoms. The number of hydrogen-bond acceptors (Lipinski definition) is 3. The molecular weight excluding hydrogens is 376 g/mol. The van der Waals surface area contributed by atoms with E-state index in [9.17, 15) is 22.4 Å². The number of hydrogen-bond donors (Lipinski definition) is 1. The summed E-state index contributed by atoms with van der Waals surface area (Å²) in [6.07, 6.45) is -4.42. The maximum Gasteiger partial charge on any atom is 0.393 e. The Hall–Kier alpha value is -2.16. The van der Waals surface area contributed by atoms with Crippen LogP contribution in [0.5, 0.6) is 0 Å². The van der Waals surface area contributed by atoms with Gasteiger partial charge in [0.2, 0.25) is 5.91 Å². The summed E-state index contributed by atoms with van der Waals surface area (Å²) in [5.41, 5.74) is 0.0621. The fourth-order valence-corrected chi connectivity index (χ4v) is 3.11. The molecule has 3 rings (SSSR count). The lowest BCUT2D eigenvalue weighted by atomic mass is 9.99. The predicted octanol–water partition coefficient (Wildman–Crippen LogP) is 3.05. The highest BCUT2D eigenvalue weighted by molar-refractivity contribution is 6.31. The smallest absolute Gasteiger partial charge is 0.349 e. The molecule has 5 nitrogen and oxygen atoms in total. The molecule has 0 aliphatic carbocycles. The molecule has 0 saturated heterocycles. The Balaban J connectivity index is 1.64. The van der Waals surface area contributed by atoms with Crippen LogP contribution in [-0.2, 0) is 30.7 Å². The number of fused-ring (bicyclic) bond motifs is 1. The van der Waals surface area contributed by atoms with Gasteiger partial charge in [-0.1, -0.05) is 17.7 Å². The standard InChI is InChI=1S/C16H15ClF4N4O/c17-11-2-1-3-12(18)10(11)6-15(26)22-7-14-24-23-13-5-4-9(8-25(13)14)16(19,20)21/h1-3,9H,4-8H2,(H,22,26)/t9-/m0/s1. The molecule has 1 aromatic heterocycles. The Labute approximate surface area is 151 Å². The quantitative estimate of drug-likeness (QED) is 0.816. The summed E-state index contributed by atoms with van der Waals surface area (Å²) in [6, 6.07) is 4.10. The first-order chi connectivity index (χ1) is 12.3. The largest absolute Gasteiger partial charge is 0.393 e. The van der Waals surface area contributed by atoms with Crippen molar-refractivity contribution in [1.29, 1.82) is 0 Å². The molecule has 1 aromatic carbocycles. The third kappa shape index (κ3) is 3.98. The Bertz CT molecular complexity index is 801. The summed E-state index contributed by atoms with van der Waals surface area (Å²) >= 11 is 5.87. The molecule has 1 N–H and O–H groups in total. The molecule has 10 heteroatoms. The van der Waals surface area contributed by atoms with Crippen molar-refractivity contribution in [3.8, 4) is 0 Å². The maximum absolute atomic E-state index is 13.7. The molecular formula is C16H15ClF4N4O. The van der Waals surface area contributed by atoms with Gasteiger partial charge in [-0.25, -0.2) is 4.39 Å². The van der Waals surface area contributed by atoms with E-state index in [1.54, 1.807) is 0 Å². The lowest BCUT2D eigenvalue weighted by molar-refractivity contribution is -0.182. The van der Waals surface area contributed by atoms with E-state index in [-0.39, 0.29) is 48.8 Å². The van der Waals surface area contributed by atoms with E-state index in [0.717, 1.165) is 0 Å². The highest BCUT2D eigenvalue weighted by Crippen LogP contribution is 2.34. The summed E-state index contributed by atoms with van der Waals surface area (Å²) in [5, 5.41) is 10.4. The van der Waals surface area contributed by atoms with E-state index in [4.69, 9.17) is 11.6 Å². The highest BCUT2D eigenvalue weighted by atomic mass is 35.5. The van der Waals surface area contributed by atoms with Gasteiger partial charge in [0.1, 0.15) is 11.6 Å². The van der Waals surface area contributed by atoms with Gasteiger partial charge in [-0.2, -0.15) is 13.2 Å². The van der Waals surface area contributed by atoms with Crippen LogP contribution in [0.4, 0.5) is 17.6 Å². The molecule has 0 bridgehead atoms. The van der Waals surface area contributed by atoms with Crippen molar-refractivity contribution in [1.82, 2.24) is 20.1 Å². The normalized spacial score (nSPS) is 17.0. The van der Waals surface area contributed by atoms with E-state index in [1.165, 1.54) is 22.8 Å². The number of nitrogens with zero attached hydrogens (tertiary/aromatic N) is 3. The van der Waals surface area contributed by atoms with Crippen LogP contribution in [0.3, 0.4) is 0 Å². The number of benzene rings is 1. The van der Waals surface area contributed by atoms with Gasteiger partial charge >= 0.3 is 6.18 Å². The molecule has 0 saturated carbocycles. The summed E-state index contributed by atoms with van der Waals surface area (Å²) in [4.78, 5) is 12.0. The zero-order valence-corrected chi connectivity index (χ0v) is 14.2. The molecule has 1 atom stereocenters. The first-order valence-electron chi connectivity index (χ1n) is 7.93. The number of rotatable bonds is 4. The SMILES string of the molecule is O=C(Cc1c(F)cccc1Cl)NCc1nnc2n1C[C@@H](C(F)(F)F)CC2. The number of aromatic nitrogens is 3. The Kier molecular flexibility index (Phi) is 5.17. The number of amides is 1. The average Bonchev–Trinajstić information content (AvgIpc) is 2.98. The maximum atomic E-state index is 13.7. The average molecular weight is 391 g/mol. The minimum atomic E-state index is -4.29. The third-order valence-corrected chi connectivity index (χ3v) is 4.68. The van der Waals surface area contributed by atoms with E-state index >= 15 is 0 Å². The van der Waals surface area contributed by atoms with Gasteiger partial charge in [0.15, 0.2) is 5.82 Å². The molecule has 0 radical (unpaired) electrons. The molecule has 1 aliphatic rings. The molecule has 0 unspecified atom stereocenters. The first-order valence-corrected chi connectivity index (χ1v) is 8.30. The second-order valence-corrected chi connectivity index (χ2v) is 6.48. The van der Waals surface area contributed by atoms with Gasteiger partial charge in [-0.3, -0.25) is 4.79 Å². The fourth-order valence-electron chi connectivity index (χ4n) is 2.88. The van der Waals surface area contributed by atoms with Crippen LogP contribution in [0.1, 0.15) is 23.6 Å². The van der Waals surface area contributed by atoms with Gasteiger partial charge < -0.3 is 9.88 Å². The number of carbonyl (C=O) groups is 1. The first kappa shape index (κ1) is 18.6. The van der Waals surface area contributed by atoms with Crippen molar-refractivity contribution in [3.05, 3.63) is 46.3 Å². The minimum absolute atomic E-state index is 0.0280. The molecule has 1 amide bonds. The molecule has 140 valence electrons. The van der Waals surface area contributed by atoms with E-state index < -0.39 is 23.8 Å². The van der Waals surface area contributed by atoms with Crippen LogP contribution >= 0.6 is 11.6 Å². The van der Waals surface area contributed by atoms with Crippen LogP contribution in [0.15, 0.2) is 18.2 Å². The van der Waals surface area contributed by atoms with Crippen molar-refractivity contribution >= 4 is 17.5 Å². The summed E-state index contributed by atoms with van der Waals surface area (Å²) in [7, 11) is 0. The minimum Gasteiger partial charge on any atom is -0.349 e. The second kappa shape index (κ2) is 7.22. The number of halogens is 5. The highest BCUT2D eigenvalue weighted by Gasteiger charge is 2.42. The Morgan fingerprint density at radius 1 is 1.35 bits per heavy atom. The van der Waals surface area contributed by atoms with Gasteiger partial charge in [-0.05, 0) is 18.6 Å². The van der Waals surface area contributed by atoms with Crippen LogP contribution < -0.4 is 5.32 Å². The zero-order chi connectivity index (χ0) is 18.9. The van der Waals surface area contributed by atoms with Gasteiger partial charge in [0.05, 0.1) is 18.9 Å². The number of aryl methyl sites for hydroxylation is 1. The Morgan fingerprint density at radius 3 is 2.81 bits per heavy atom. The predicted molar refractivity (Wildman–Crippen MR) is 84.8 cm³/mol. The fraction of sp³-hybridized carbons (Fsp3) is 0.438. The Morgan fingerprint density at radius 2 is 2.12 bits per heavy atom. The van der Waals surface area contributed by atoms with E-state index in [1.807, 2.05) is 0 Å². The van der Waals surface area contributed by atoms with Gasteiger partial charge in [0, 0.05) is 23.6 Å². The van der Waals surface area contributed by atoms with Crippen molar-refractivity contribution in [2.24, 2.45) is 5.92 Å². The molecule has 2 aromatic rings. The molecule has 1 aliphatic heterocycles. The summed E-state index contributed by atoms with van der Waals surface area (Å²) < 4.78 is 53.9. The molecule has 2 heterocycles. The van der Waals surface area contributed by atoms with Crippen LogP contribution in [-0.4, -0.2) is 26.8 Å². The van der Waals surface area contributed by atoms with Gasteiger partial charge in [-0.15, -0.1) is 10.2 Å². The lowest BCUT2D eigenvalue weighted by Gasteiger charge is -2.26. The van der Waals surface area contributed by atoms with Crippen molar-refractivity contribution < 1.29 is 22.4 Å². The van der Waals surface area contributed by atoms with Crippen LogP contribution in [0.2, 0.25) is 5.02 Å². The number of nitrogens with one attached hydrogen (secondary N) is 1. The zero-order valence-electron chi connectivity index (χ0n) is 13.5. The molecule has 0 fully saturated rings. The van der Waals surface area contributed by atoms with Crippen molar-refractivity contribution in [3.63, 3.8) is 0 Å². The summed E-state index contributed by atoms with van der Waals surface area (Å²) in [5.74, 6) is -1.87. The second-order valence-electron chi connectivity index (χ2n) is 6.07. The monoisotopic (exact) mass is 390 g/mol. The van der Waals surface area contributed by atoms with E-state index in [0.29, 0.717) is 5.82 Å². The van der Waals surface area contributed by atoms with Crippen LogP contribution in [0.25, 0.3) is 0 Å². The van der Waals surface area contributed by atoms with E-state index in [2.05, 4.69) is 15.5 Å². The topological polar surface area (TPSA) is 59.8 Å². The van der Waals surface area contributed by atoms with Gasteiger partial charge in [0.25, 0.3) is 0 Å². The number of carbonyl (C=O) groups excluding carboxylic acids is 1. The number of alkyl halides is 3. The van der Waals surface area contributed by atoms with Crippen LogP contribution in [0, 0.1) is 11.7 Å². The lowest BCUT2D eigenvalue weighted by Crippen LogP contribution is -2.34. The summed E-state index contributed by atoms with van der Waals surface area (Å²) in [6.45, 7) is -0.362. The molecule has 26 heavy (non-hydrogen) atoms.